The number of benzene rings is 2. The van der Waals surface area contributed by atoms with Gasteiger partial charge in [-0.05, 0) is 63.0 Å². The van der Waals surface area contributed by atoms with Crippen molar-refractivity contribution in [2.45, 2.75) is 90.2 Å². The van der Waals surface area contributed by atoms with Crippen LogP contribution >= 0.6 is 0 Å². The molecule has 1 heterocycles. The summed E-state index contributed by atoms with van der Waals surface area (Å²) in [7, 11) is 0. The van der Waals surface area contributed by atoms with E-state index in [0.29, 0.717) is 13.0 Å². The highest BCUT2D eigenvalue weighted by Crippen LogP contribution is 2.62. The van der Waals surface area contributed by atoms with Crippen molar-refractivity contribution in [1.29, 1.82) is 0 Å². The highest BCUT2D eigenvalue weighted by atomic mass is 16.6. The van der Waals surface area contributed by atoms with Crippen molar-refractivity contribution < 1.29 is 23.8 Å². The first-order valence-electron chi connectivity index (χ1n) is 13.1. The molecule has 36 heavy (non-hydrogen) atoms. The molecule has 0 radical (unpaired) electrons. The number of amides is 1. The molecule has 1 aliphatic heterocycles. The topological polar surface area (TPSA) is 65.1 Å². The van der Waals surface area contributed by atoms with Crippen LogP contribution in [0.3, 0.4) is 0 Å². The smallest absolute Gasteiger partial charge is 0.411 e. The van der Waals surface area contributed by atoms with Crippen LogP contribution in [0.4, 0.5) is 4.79 Å². The van der Waals surface area contributed by atoms with Gasteiger partial charge in [-0.25, -0.2) is 9.59 Å². The van der Waals surface area contributed by atoms with Crippen LogP contribution in [0.1, 0.15) is 70.4 Å². The largest absolute Gasteiger partial charge is 0.459 e. The minimum absolute atomic E-state index is 0.00175. The predicted molar refractivity (Wildman–Crippen MR) is 138 cm³/mol. The fourth-order valence-corrected chi connectivity index (χ4v) is 5.22. The Labute approximate surface area is 214 Å². The summed E-state index contributed by atoms with van der Waals surface area (Å²) in [6.45, 7) is 7.14. The van der Waals surface area contributed by atoms with Gasteiger partial charge in [-0.3, -0.25) is 4.90 Å². The van der Waals surface area contributed by atoms with Crippen LogP contribution in [0, 0.1) is 5.41 Å². The molecule has 2 fully saturated rings. The van der Waals surface area contributed by atoms with Crippen molar-refractivity contribution in [3.8, 4) is 0 Å². The Bertz CT molecular complexity index is 1000. The number of fused-ring (bicyclic) bond motifs is 1. The zero-order chi connectivity index (χ0) is 25.6. The van der Waals surface area contributed by atoms with Crippen molar-refractivity contribution in [1.82, 2.24) is 4.90 Å². The van der Waals surface area contributed by atoms with E-state index in [1.165, 1.54) is 5.56 Å². The van der Waals surface area contributed by atoms with Gasteiger partial charge in [0.05, 0.1) is 6.61 Å². The summed E-state index contributed by atoms with van der Waals surface area (Å²) in [6, 6.07) is 19.3. The summed E-state index contributed by atoms with van der Waals surface area (Å²) in [5.41, 5.74) is 1.51. The molecule has 2 aromatic rings. The average molecular weight is 494 g/mol. The lowest BCUT2D eigenvalue weighted by atomic mass is 9.93. The zero-order valence-electron chi connectivity index (χ0n) is 21.8. The van der Waals surface area contributed by atoms with Gasteiger partial charge >= 0.3 is 12.1 Å². The van der Waals surface area contributed by atoms with E-state index in [2.05, 4.69) is 12.1 Å². The van der Waals surface area contributed by atoms with Crippen molar-refractivity contribution >= 4 is 12.1 Å². The third kappa shape index (κ3) is 6.88. The number of ether oxygens (including phenoxy) is 3. The molecule has 0 N–H and O–H groups in total. The maximum absolute atomic E-state index is 13.1. The summed E-state index contributed by atoms with van der Waals surface area (Å²) in [5, 5.41) is 0. The van der Waals surface area contributed by atoms with Crippen LogP contribution in [0.15, 0.2) is 60.7 Å². The standard InChI is InChI=1S/C30H39NO5/c1-29(2,3)36-28(33)31-25(27(32)35-22-24-15-9-5-10-16-24)19-30(20-26(30)31)17-11-6-12-18-34-21-23-13-7-4-8-14-23/h4-5,7-10,13-16,25-26H,6,11-12,17-22H2,1-3H3/t25-,26+,30-/m0/s1. The second-order valence-electron chi connectivity index (χ2n) is 11.1. The van der Waals surface area contributed by atoms with Crippen LogP contribution in [0.5, 0.6) is 0 Å². The molecule has 6 nitrogen and oxygen atoms in total. The van der Waals surface area contributed by atoms with Gasteiger partial charge in [0, 0.05) is 12.6 Å². The Morgan fingerprint density at radius 2 is 1.53 bits per heavy atom. The van der Waals surface area contributed by atoms with Gasteiger partial charge in [-0.15, -0.1) is 0 Å². The molecule has 194 valence electrons. The summed E-state index contributed by atoms with van der Waals surface area (Å²) in [5.74, 6) is -0.342. The van der Waals surface area contributed by atoms with E-state index < -0.39 is 17.7 Å². The van der Waals surface area contributed by atoms with Crippen molar-refractivity contribution in [3.05, 3.63) is 71.8 Å². The molecular weight excluding hydrogens is 454 g/mol. The van der Waals surface area contributed by atoms with E-state index >= 15 is 0 Å². The Morgan fingerprint density at radius 1 is 0.889 bits per heavy atom. The molecular formula is C30H39NO5. The highest BCUT2D eigenvalue weighted by molar-refractivity contribution is 5.83. The summed E-state index contributed by atoms with van der Waals surface area (Å²) in [4.78, 5) is 27.8. The second-order valence-corrected chi connectivity index (χ2v) is 11.1. The van der Waals surface area contributed by atoms with Gasteiger partial charge in [0.15, 0.2) is 0 Å². The number of hydrogen-bond acceptors (Lipinski definition) is 5. The van der Waals surface area contributed by atoms with E-state index in [9.17, 15) is 9.59 Å². The quantitative estimate of drug-likeness (QED) is 0.272. The maximum atomic E-state index is 13.1. The number of unbranched alkanes of at least 4 members (excludes halogenated alkanes) is 2. The molecule has 2 aromatic carbocycles. The maximum Gasteiger partial charge on any atom is 0.411 e. The van der Waals surface area contributed by atoms with Crippen molar-refractivity contribution in [3.63, 3.8) is 0 Å². The SMILES string of the molecule is CC(C)(C)OC(=O)N1[C@H](C(=O)OCc2ccccc2)C[C@@]2(CCCCCOCc3ccccc3)C[C@@H]12. The molecule has 1 aliphatic carbocycles. The fraction of sp³-hybridized carbons (Fsp3) is 0.533. The van der Waals surface area contributed by atoms with Gasteiger partial charge < -0.3 is 14.2 Å². The van der Waals surface area contributed by atoms with Gasteiger partial charge in [-0.1, -0.05) is 73.5 Å². The number of rotatable bonds is 11. The first-order valence-corrected chi connectivity index (χ1v) is 13.1. The molecule has 4 rings (SSSR count). The normalized spacial score (nSPS) is 22.7. The van der Waals surface area contributed by atoms with Crippen LogP contribution in [0.2, 0.25) is 0 Å². The highest BCUT2D eigenvalue weighted by Gasteiger charge is 2.67. The minimum atomic E-state index is -0.616. The minimum Gasteiger partial charge on any atom is -0.459 e. The molecule has 1 saturated heterocycles. The summed E-state index contributed by atoms with van der Waals surface area (Å²) in [6.07, 6.45) is 5.29. The molecule has 6 heteroatoms. The number of nitrogens with zero attached hydrogens (tertiary/aromatic N) is 1. The number of carbonyl (C=O) groups is 2. The van der Waals surface area contributed by atoms with Gasteiger partial charge in [-0.2, -0.15) is 0 Å². The van der Waals surface area contributed by atoms with Gasteiger partial charge in [0.1, 0.15) is 18.2 Å². The molecule has 0 spiro atoms. The van der Waals surface area contributed by atoms with E-state index in [4.69, 9.17) is 14.2 Å². The first kappa shape index (κ1) is 26.2. The Morgan fingerprint density at radius 3 is 2.17 bits per heavy atom. The third-order valence-electron chi connectivity index (χ3n) is 7.09. The Kier molecular flexibility index (Phi) is 8.35. The summed E-state index contributed by atoms with van der Waals surface area (Å²) >= 11 is 0. The molecule has 3 atom stereocenters. The van der Waals surface area contributed by atoms with Crippen LogP contribution in [0.25, 0.3) is 0 Å². The predicted octanol–water partition coefficient (Wildman–Crippen LogP) is 6.28. The van der Waals surface area contributed by atoms with E-state index in [0.717, 1.165) is 44.3 Å². The molecule has 1 amide bonds. The molecule has 2 aliphatic rings. The van der Waals surface area contributed by atoms with Crippen LogP contribution in [-0.2, 0) is 32.2 Å². The third-order valence-corrected chi connectivity index (χ3v) is 7.09. The number of hydrogen-bond donors (Lipinski definition) is 0. The van der Waals surface area contributed by atoms with Gasteiger partial charge in [0.2, 0.25) is 0 Å². The zero-order valence-corrected chi connectivity index (χ0v) is 21.8. The van der Waals surface area contributed by atoms with Crippen molar-refractivity contribution in [2.24, 2.45) is 5.41 Å². The Hall–Kier alpha value is -2.86. The van der Waals surface area contributed by atoms with E-state index in [1.54, 1.807) is 4.90 Å². The van der Waals surface area contributed by atoms with Crippen LogP contribution in [-0.4, -0.2) is 41.3 Å². The number of likely N-dealkylation sites (tertiary alicyclic amines) is 1. The van der Waals surface area contributed by atoms with Gasteiger partial charge in [0.25, 0.3) is 0 Å². The molecule has 1 saturated carbocycles. The molecule has 0 bridgehead atoms. The van der Waals surface area contributed by atoms with Crippen molar-refractivity contribution in [2.75, 3.05) is 6.61 Å². The summed E-state index contributed by atoms with van der Waals surface area (Å²) < 4.78 is 17.1. The monoisotopic (exact) mass is 493 g/mol. The average Bonchev–Trinajstić information content (AvgIpc) is 3.45. The van der Waals surface area contributed by atoms with Crippen LogP contribution < -0.4 is 0 Å². The number of esters is 1. The lowest BCUT2D eigenvalue weighted by molar-refractivity contribution is -0.150. The second kappa shape index (κ2) is 11.5. The first-order chi connectivity index (χ1) is 17.3. The fourth-order valence-electron chi connectivity index (χ4n) is 5.22. The van der Waals surface area contributed by atoms with E-state index in [1.807, 2.05) is 69.3 Å². The molecule has 0 aromatic heterocycles. The molecule has 0 unspecified atom stereocenters. The number of piperidine rings is 1. The lowest BCUT2D eigenvalue weighted by Crippen LogP contribution is -2.46. The Balaban J connectivity index is 1.27. The van der Waals surface area contributed by atoms with E-state index in [-0.39, 0.29) is 24.0 Å². The number of carbonyl (C=O) groups excluding carboxylic acids is 2. The lowest BCUT2D eigenvalue weighted by Gasteiger charge is -2.29.